The van der Waals surface area contributed by atoms with Crippen molar-refractivity contribution < 1.29 is 14.1 Å². The molecule has 162 valence electrons. The van der Waals surface area contributed by atoms with E-state index in [2.05, 4.69) is 41.8 Å². The number of amides is 2. The topological polar surface area (TPSA) is 85.4 Å². The van der Waals surface area contributed by atoms with E-state index in [4.69, 9.17) is 14.3 Å². The monoisotopic (exact) mass is 430 g/mol. The Hall–Kier alpha value is -1.97. The first kappa shape index (κ1) is 22.7. The number of urea groups is 1. The molecule has 2 amide bonds. The van der Waals surface area contributed by atoms with Gasteiger partial charge in [0.2, 0.25) is 0 Å². The van der Waals surface area contributed by atoms with E-state index < -0.39 is 18.3 Å². The molecule has 2 N–H and O–H groups in total. The second-order valence-electron chi connectivity index (χ2n) is 9.52. The van der Waals surface area contributed by atoms with Gasteiger partial charge in [-0.2, -0.15) is 0 Å². The molecule has 0 aromatic carbocycles. The van der Waals surface area contributed by atoms with Crippen molar-refractivity contribution in [2.24, 2.45) is 0 Å². The molecule has 1 fully saturated rings. The Morgan fingerprint density at radius 1 is 1.20 bits per heavy atom. The van der Waals surface area contributed by atoms with Gasteiger partial charge in [0.1, 0.15) is 10.8 Å². The van der Waals surface area contributed by atoms with Crippen molar-refractivity contribution in [3.05, 3.63) is 23.3 Å². The van der Waals surface area contributed by atoms with Crippen LogP contribution >= 0.6 is 11.3 Å². The molecule has 3 heterocycles. The summed E-state index contributed by atoms with van der Waals surface area (Å²) in [6, 6.07) is 1.54. The van der Waals surface area contributed by atoms with Gasteiger partial charge in [-0.05, 0) is 40.7 Å². The lowest BCUT2D eigenvalue weighted by molar-refractivity contribution is 0.00578. The zero-order valence-corrected chi connectivity index (χ0v) is 19.9. The summed E-state index contributed by atoms with van der Waals surface area (Å²) in [5.74, 6) is 0.448. The van der Waals surface area contributed by atoms with Crippen LogP contribution in [0.1, 0.15) is 61.1 Å². The normalized spacial score (nSPS) is 17.8. The van der Waals surface area contributed by atoms with Crippen LogP contribution in [-0.4, -0.2) is 40.9 Å². The predicted molar refractivity (Wildman–Crippen MR) is 122 cm³/mol. The summed E-state index contributed by atoms with van der Waals surface area (Å²) in [5, 5.41) is 8.40. The molecule has 2 aromatic rings. The first-order valence-corrected chi connectivity index (χ1v) is 11.1. The summed E-state index contributed by atoms with van der Waals surface area (Å²) in [5.41, 5.74) is 1.66. The van der Waals surface area contributed by atoms with E-state index in [1.807, 2.05) is 40.7 Å². The largest absolute Gasteiger partial charge is 0.497 e. The lowest BCUT2D eigenvalue weighted by Crippen LogP contribution is -2.41. The quantitative estimate of drug-likeness (QED) is 0.718. The molecular weight excluding hydrogens is 399 g/mol. The molecule has 0 aliphatic carbocycles. The van der Waals surface area contributed by atoms with Gasteiger partial charge >= 0.3 is 13.1 Å². The third-order valence-electron chi connectivity index (χ3n) is 5.52. The minimum Gasteiger partial charge on any atom is -0.399 e. The van der Waals surface area contributed by atoms with Crippen LogP contribution in [-0.2, 0) is 14.7 Å². The zero-order valence-electron chi connectivity index (χ0n) is 19.0. The summed E-state index contributed by atoms with van der Waals surface area (Å²) in [7, 11) is -0.571. The molecular formula is C21H31BN4O3S. The van der Waals surface area contributed by atoms with Crippen LogP contribution in [0.4, 0.5) is 10.6 Å². The zero-order chi connectivity index (χ0) is 22.3. The average molecular weight is 430 g/mol. The Labute approximate surface area is 183 Å². The summed E-state index contributed by atoms with van der Waals surface area (Å²) in [6.07, 6.45) is 1.71. The van der Waals surface area contributed by atoms with E-state index in [0.29, 0.717) is 12.4 Å². The highest BCUT2D eigenvalue weighted by molar-refractivity contribution is 7.13. The van der Waals surface area contributed by atoms with Crippen LogP contribution in [0.15, 0.2) is 17.6 Å². The summed E-state index contributed by atoms with van der Waals surface area (Å²) >= 11 is 1.56. The number of aromatic nitrogens is 2. The van der Waals surface area contributed by atoms with Gasteiger partial charge in [-0.3, -0.25) is 5.32 Å². The third-order valence-corrected chi connectivity index (χ3v) is 6.40. The van der Waals surface area contributed by atoms with Crippen molar-refractivity contribution in [3.63, 3.8) is 0 Å². The molecule has 0 atom stereocenters. The Bertz CT molecular complexity index is 921. The second-order valence-corrected chi connectivity index (χ2v) is 10.4. The molecule has 7 nitrogen and oxygen atoms in total. The van der Waals surface area contributed by atoms with Crippen LogP contribution in [0.3, 0.4) is 0 Å². The highest BCUT2D eigenvalue weighted by Gasteiger charge is 2.52. The summed E-state index contributed by atoms with van der Waals surface area (Å²) in [4.78, 5) is 21.3. The Morgan fingerprint density at radius 3 is 2.37 bits per heavy atom. The Kier molecular flexibility index (Phi) is 6.01. The number of rotatable bonds is 4. The van der Waals surface area contributed by atoms with E-state index in [-0.39, 0.29) is 11.4 Å². The second kappa shape index (κ2) is 7.94. The van der Waals surface area contributed by atoms with Crippen molar-refractivity contribution in [3.8, 4) is 10.6 Å². The van der Waals surface area contributed by atoms with Gasteiger partial charge in [-0.1, -0.05) is 20.8 Å². The molecule has 0 bridgehead atoms. The molecule has 2 aromatic heterocycles. The predicted octanol–water partition coefficient (Wildman–Crippen LogP) is 3.94. The summed E-state index contributed by atoms with van der Waals surface area (Å²) in [6.45, 7) is 16.9. The lowest BCUT2D eigenvalue weighted by atomic mass is 9.77. The van der Waals surface area contributed by atoms with Crippen LogP contribution in [0.5, 0.6) is 0 Å². The maximum atomic E-state index is 12.0. The van der Waals surface area contributed by atoms with E-state index in [1.54, 1.807) is 17.5 Å². The van der Waals surface area contributed by atoms with Gasteiger partial charge in [0.25, 0.3) is 0 Å². The van der Waals surface area contributed by atoms with Crippen LogP contribution in [0.25, 0.3) is 10.6 Å². The smallest absolute Gasteiger partial charge is 0.399 e. The number of thiazole rings is 1. The molecule has 3 rings (SSSR count). The minimum atomic E-state index is -0.571. The molecule has 0 saturated carbocycles. The van der Waals surface area contributed by atoms with Gasteiger partial charge in [-0.15, -0.1) is 11.3 Å². The SMILES string of the molecule is CCNC(=O)Nc1cc(-c2nc(C(C)(C)C)cs2)c(B2OC(C)(C)C(C)(C)O2)cn1. The minimum absolute atomic E-state index is 0.0611. The fourth-order valence-electron chi connectivity index (χ4n) is 2.94. The molecule has 1 aliphatic heterocycles. The number of carbonyl (C=O) groups excluding carboxylic acids is 1. The van der Waals surface area contributed by atoms with Crippen molar-refractivity contribution in [2.45, 2.75) is 72.0 Å². The number of nitrogens with zero attached hydrogens (tertiary/aromatic N) is 2. The van der Waals surface area contributed by atoms with E-state index in [9.17, 15) is 4.79 Å². The van der Waals surface area contributed by atoms with E-state index >= 15 is 0 Å². The molecule has 1 aliphatic rings. The van der Waals surface area contributed by atoms with Crippen LogP contribution in [0.2, 0.25) is 0 Å². The lowest BCUT2D eigenvalue weighted by Gasteiger charge is -2.32. The van der Waals surface area contributed by atoms with Gasteiger partial charge in [0, 0.05) is 34.6 Å². The van der Waals surface area contributed by atoms with Crippen LogP contribution in [0, 0.1) is 0 Å². The van der Waals surface area contributed by atoms with Crippen molar-refractivity contribution in [1.29, 1.82) is 0 Å². The standard InChI is InChI=1S/C21H31BN4O3S/c1-9-23-18(27)26-16-10-13(17-25-15(12-30-17)19(2,3)4)14(11-24-16)22-28-20(5,6)21(7,8)29-22/h10-12H,9H2,1-8H3,(H2,23,24,26,27). The number of nitrogens with one attached hydrogen (secondary N) is 2. The molecule has 0 radical (unpaired) electrons. The Balaban J connectivity index is 2.04. The van der Waals surface area contributed by atoms with Gasteiger partial charge in [-0.25, -0.2) is 14.8 Å². The van der Waals surface area contributed by atoms with Crippen LogP contribution < -0.4 is 16.1 Å². The van der Waals surface area contributed by atoms with E-state index in [1.165, 1.54) is 0 Å². The molecule has 0 spiro atoms. The van der Waals surface area contributed by atoms with Gasteiger partial charge in [0.05, 0.1) is 16.9 Å². The number of anilines is 1. The highest BCUT2D eigenvalue weighted by Crippen LogP contribution is 2.38. The third kappa shape index (κ3) is 4.53. The van der Waals surface area contributed by atoms with Gasteiger partial charge in [0.15, 0.2) is 0 Å². The summed E-state index contributed by atoms with van der Waals surface area (Å²) < 4.78 is 12.5. The first-order chi connectivity index (χ1) is 13.8. The van der Waals surface area contributed by atoms with Crippen molar-refractivity contribution in [2.75, 3.05) is 11.9 Å². The molecule has 9 heteroatoms. The maximum absolute atomic E-state index is 12.0. The average Bonchev–Trinajstić information content (AvgIpc) is 3.18. The van der Waals surface area contributed by atoms with E-state index in [0.717, 1.165) is 21.7 Å². The number of pyridine rings is 1. The van der Waals surface area contributed by atoms with Crippen molar-refractivity contribution >= 4 is 35.8 Å². The molecule has 1 saturated heterocycles. The Morgan fingerprint density at radius 2 is 1.83 bits per heavy atom. The number of hydrogen-bond donors (Lipinski definition) is 2. The first-order valence-electron chi connectivity index (χ1n) is 10.2. The van der Waals surface area contributed by atoms with Crippen molar-refractivity contribution in [1.82, 2.24) is 15.3 Å². The van der Waals surface area contributed by atoms with Gasteiger partial charge < -0.3 is 14.6 Å². The number of hydrogen-bond acceptors (Lipinski definition) is 6. The molecule has 0 unspecified atom stereocenters. The highest BCUT2D eigenvalue weighted by atomic mass is 32.1. The fourth-order valence-corrected chi connectivity index (χ4v) is 4.02. The maximum Gasteiger partial charge on any atom is 0.497 e. The fraction of sp³-hybridized carbons (Fsp3) is 0.571. The molecule has 30 heavy (non-hydrogen) atoms. The number of carbonyl (C=O) groups is 1.